The Hall–Kier alpha value is -2.94. The maximum absolute atomic E-state index is 10.8. The zero-order valence-electron chi connectivity index (χ0n) is 16.6. The molecule has 1 aliphatic carbocycles. The summed E-state index contributed by atoms with van der Waals surface area (Å²) in [5, 5.41) is 30.0. The zero-order chi connectivity index (χ0) is 20.2. The fourth-order valence-corrected chi connectivity index (χ4v) is 4.54. The van der Waals surface area contributed by atoms with Gasteiger partial charge in [0.1, 0.15) is 17.2 Å². The molecular formula is C26H28O3. The fraction of sp³-hybridized carbons (Fsp3) is 0.308. The number of hydrogen-bond acceptors (Lipinski definition) is 3. The molecule has 3 aromatic rings. The molecule has 3 heteroatoms. The van der Waals surface area contributed by atoms with Crippen molar-refractivity contribution in [3.8, 4) is 17.2 Å². The van der Waals surface area contributed by atoms with Crippen LogP contribution in [0, 0.1) is 0 Å². The highest BCUT2D eigenvalue weighted by molar-refractivity contribution is 5.50. The van der Waals surface area contributed by atoms with Gasteiger partial charge in [0.05, 0.1) is 0 Å². The third-order valence-corrected chi connectivity index (χ3v) is 6.12. The molecule has 1 aliphatic rings. The minimum atomic E-state index is 0.248. The Morgan fingerprint density at radius 3 is 1.66 bits per heavy atom. The lowest BCUT2D eigenvalue weighted by Crippen LogP contribution is -2.10. The maximum Gasteiger partial charge on any atom is 0.119 e. The minimum absolute atomic E-state index is 0.248. The van der Waals surface area contributed by atoms with Gasteiger partial charge in [-0.3, -0.25) is 0 Å². The Morgan fingerprint density at radius 2 is 1.10 bits per heavy atom. The Morgan fingerprint density at radius 1 is 0.586 bits per heavy atom. The van der Waals surface area contributed by atoms with Gasteiger partial charge in [0.25, 0.3) is 0 Å². The van der Waals surface area contributed by atoms with Gasteiger partial charge in [0.15, 0.2) is 0 Å². The van der Waals surface area contributed by atoms with Crippen molar-refractivity contribution in [2.75, 3.05) is 0 Å². The standard InChI is InChI=1S/C26H28O3/c27-21-10-6-18(7-11-21)16-24-23(20-4-2-1-3-5-20)14-15-26(29)25(24)17-19-8-12-22(28)13-9-19/h6-15,20,27-29H,1-5,16-17H2. The van der Waals surface area contributed by atoms with Crippen LogP contribution < -0.4 is 0 Å². The molecule has 29 heavy (non-hydrogen) atoms. The molecular weight excluding hydrogens is 360 g/mol. The normalized spacial score (nSPS) is 14.8. The molecule has 150 valence electrons. The van der Waals surface area contributed by atoms with E-state index < -0.39 is 0 Å². The quantitative estimate of drug-likeness (QED) is 0.500. The molecule has 0 amide bonds. The van der Waals surface area contributed by atoms with Gasteiger partial charge in [0, 0.05) is 12.0 Å². The van der Waals surface area contributed by atoms with E-state index in [1.165, 1.54) is 43.2 Å². The molecule has 0 bridgehead atoms. The lowest BCUT2D eigenvalue weighted by molar-refractivity contribution is 0.438. The summed E-state index contributed by atoms with van der Waals surface area (Å²) < 4.78 is 0. The summed E-state index contributed by atoms with van der Waals surface area (Å²) in [4.78, 5) is 0. The number of hydrogen-bond donors (Lipinski definition) is 3. The van der Waals surface area contributed by atoms with Gasteiger partial charge in [-0.25, -0.2) is 0 Å². The Kier molecular flexibility index (Phi) is 5.75. The highest BCUT2D eigenvalue weighted by Crippen LogP contribution is 2.39. The van der Waals surface area contributed by atoms with Crippen molar-refractivity contribution in [3.05, 3.63) is 88.5 Å². The molecule has 0 radical (unpaired) electrons. The summed E-state index contributed by atoms with van der Waals surface area (Å²) in [5.41, 5.74) is 5.70. The SMILES string of the molecule is Oc1ccc(Cc2c(O)ccc(C3CCCCC3)c2Cc2ccc(O)cc2)cc1. The summed E-state index contributed by atoms with van der Waals surface area (Å²) >= 11 is 0. The Bertz CT molecular complexity index is 952. The Balaban J connectivity index is 1.76. The van der Waals surface area contributed by atoms with Crippen molar-refractivity contribution >= 4 is 0 Å². The van der Waals surface area contributed by atoms with E-state index in [1.54, 1.807) is 24.3 Å². The molecule has 1 fully saturated rings. The maximum atomic E-state index is 10.8. The average Bonchev–Trinajstić information content (AvgIpc) is 2.74. The van der Waals surface area contributed by atoms with E-state index in [0.29, 0.717) is 18.1 Å². The van der Waals surface area contributed by atoms with Crippen LogP contribution in [-0.2, 0) is 12.8 Å². The number of rotatable bonds is 5. The van der Waals surface area contributed by atoms with Gasteiger partial charge in [0.2, 0.25) is 0 Å². The summed E-state index contributed by atoms with van der Waals surface area (Å²) in [5.74, 6) is 1.38. The van der Waals surface area contributed by atoms with Crippen LogP contribution in [0.4, 0.5) is 0 Å². The third-order valence-electron chi connectivity index (χ3n) is 6.12. The molecule has 3 aromatic carbocycles. The Labute approximate surface area is 172 Å². The fourth-order valence-electron chi connectivity index (χ4n) is 4.54. The van der Waals surface area contributed by atoms with E-state index in [9.17, 15) is 15.3 Å². The van der Waals surface area contributed by atoms with Gasteiger partial charge in [-0.15, -0.1) is 0 Å². The van der Waals surface area contributed by atoms with E-state index in [1.807, 2.05) is 30.3 Å². The van der Waals surface area contributed by atoms with Gasteiger partial charge in [-0.1, -0.05) is 49.6 Å². The van der Waals surface area contributed by atoms with E-state index in [0.717, 1.165) is 23.1 Å². The van der Waals surface area contributed by atoms with Crippen molar-refractivity contribution in [2.45, 2.75) is 50.9 Å². The van der Waals surface area contributed by atoms with Crippen molar-refractivity contribution in [1.82, 2.24) is 0 Å². The molecule has 0 aromatic heterocycles. The first-order chi connectivity index (χ1) is 14.1. The highest BCUT2D eigenvalue weighted by Gasteiger charge is 2.22. The van der Waals surface area contributed by atoms with Crippen molar-refractivity contribution < 1.29 is 15.3 Å². The molecule has 3 N–H and O–H groups in total. The van der Waals surface area contributed by atoms with Crippen LogP contribution in [0.15, 0.2) is 60.7 Å². The predicted molar refractivity (Wildman–Crippen MR) is 116 cm³/mol. The lowest BCUT2D eigenvalue weighted by Gasteiger charge is -2.26. The van der Waals surface area contributed by atoms with Crippen LogP contribution in [0.5, 0.6) is 17.2 Å². The van der Waals surface area contributed by atoms with Crippen LogP contribution in [0.1, 0.15) is 65.8 Å². The van der Waals surface area contributed by atoms with Crippen LogP contribution in [0.25, 0.3) is 0 Å². The summed E-state index contributed by atoms with van der Waals surface area (Å²) in [6.07, 6.45) is 7.59. The van der Waals surface area contributed by atoms with Gasteiger partial charge >= 0.3 is 0 Å². The average molecular weight is 389 g/mol. The van der Waals surface area contributed by atoms with E-state index >= 15 is 0 Å². The highest BCUT2D eigenvalue weighted by atomic mass is 16.3. The first-order valence-corrected chi connectivity index (χ1v) is 10.5. The second-order valence-corrected chi connectivity index (χ2v) is 8.15. The topological polar surface area (TPSA) is 60.7 Å². The molecule has 0 atom stereocenters. The van der Waals surface area contributed by atoms with Crippen molar-refractivity contribution in [3.63, 3.8) is 0 Å². The lowest BCUT2D eigenvalue weighted by atomic mass is 9.79. The van der Waals surface area contributed by atoms with Gasteiger partial charge in [-0.2, -0.15) is 0 Å². The molecule has 3 nitrogen and oxygen atoms in total. The first-order valence-electron chi connectivity index (χ1n) is 10.5. The van der Waals surface area contributed by atoms with Crippen LogP contribution in [-0.4, -0.2) is 15.3 Å². The van der Waals surface area contributed by atoms with Crippen LogP contribution in [0.3, 0.4) is 0 Å². The second kappa shape index (κ2) is 8.60. The predicted octanol–water partition coefficient (Wildman–Crippen LogP) is 6.03. The largest absolute Gasteiger partial charge is 0.508 e. The first kappa shape index (κ1) is 19.4. The van der Waals surface area contributed by atoms with Gasteiger partial charge in [-0.05, 0) is 77.8 Å². The van der Waals surface area contributed by atoms with Crippen molar-refractivity contribution in [1.29, 1.82) is 0 Å². The number of benzene rings is 3. The van der Waals surface area contributed by atoms with E-state index in [-0.39, 0.29) is 11.5 Å². The zero-order valence-corrected chi connectivity index (χ0v) is 16.6. The molecule has 0 spiro atoms. The van der Waals surface area contributed by atoms with Crippen LogP contribution >= 0.6 is 0 Å². The minimum Gasteiger partial charge on any atom is -0.508 e. The summed E-state index contributed by atoms with van der Waals surface area (Å²) in [7, 11) is 0. The molecule has 0 saturated heterocycles. The second-order valence-electron chi connectivity index (χ2n) is 8.15. The van der Waals surface area contributed by atoms with Crippen LogP contribution in [0.2, 0.25) is 0 Å². The molecule has 0 unspecified atom stereocenters. The summed E-state index contributed by atoms with van der Waals surface area (Å²) in [6.45, 7) is 0. The number of phenolic OH excluding ortho intramolecular Hbond substituents is 3. The summed E-state index contributed by atoms with van der Waals surface area (Å²) in [6, 6.07) is 18.5. The molecule has 0 aliphatic heterocycles. The van der Waals surface area contributed by atoms with Crippen molar-refractivity contribution in [2.24, 2.45) is 0 Å². The van der Waals surface area contributed by atoms with E-state index in [4.69, 9.17) is 0 Å². The molecule has 4 rings (SSSR count). The molecule has 0 heterocycles. The number of phenols is 3. The van der Waals surface area contributed by atoms with E-state index in [2.05, 4.69) is 6.07 Å². The number of aromatic hydroxyl groups is 3. The molecule has 1 saturated carbocycles. The monoisotopic (exact) mass is 388 g/mol. The third kappa shape index (κ3) is 4.56. The smallest absolute Gasteiger partial charge is 0.119 e. The van der Waals surface area contributed by atoms with Gasteiger partial charge < -0.3 is 15.3 Å².